The minimum Gasteiger partial charge on any atom is -0.395 e. The Hall–Kier alpha value is -1.53. The third kappa shape index (κ3) is 4.05. The molecule has 0 saturated carbocycles. The molecule has 18 heavy (non-hydrogen) atoms. The van der Waals surface area contributed by atoms with E-state index in [2.05, 4.69) is 0 Å². The van der Waals surface area contributed by atoms with Gasteiger partial charge < -0.3 is 15.7 Å². The van der Waals surface area contributed by atoms with Crippen LogP contribution in [-0.4, -0.2) is 42.0 Å². The van der Waals surface area contributed by atoms with Crippen molar-refractivity contribution in [2.24, 2.45) is 5.73 Å². The smallest absolute Gasteiger partial charge is 0.255 e. The molecule has 0 saturated heterocycles. The molecular weight excluding hydrogens is 242 g/mol. The number of aliphatic hydroxyl groups is 1. The second kappa shape index (κ2) is 7.03. The van der Waals surface area contributed by atoms with Gasteiger partial charge >= 0.3 is 0 Å². The first kappa shape index (κ1) is 14.5. The van der Waals surface area contributed by atoms with E-state index in [9.17, 15) is 13.6 Å². The molecule has 0 aliphatic heterocycles. The number of aliphatic hydroxyl groups excluding tert-OH is 1. The average molecular weight is 258 g/mol. The predicted molar refractivity (Wildman–Crippen MR) is 63.3 cm³/mol. The Labute approximate surface area is 104 Å². The number of carbonyl (C=O) groups is 1. The Morgan fingerprint density at radius 3 is 2.39 bits per heavy atom. The molecule has 0 spiro atoms. The molecule has 3 N–H and O–H groups in total. The van der Waals surface area contributed by atoms with Gasteiger partial charge in [0, 0.05) is 18.7 Å². The molecule has 1 aromatic carbocycles. The van der Waals surface area contributed by atoms with Crippen LogP contribution in [0.25, 0.3) is 0 Å². The maximum Gasteiger partial charge on any atom is 0.255 e. The van der Waals surface area contributed by atoms with Crippen LogP contribution >= 0.6 is 0 Å². The molecular formula is C12H16F2N2O2. The van der Waals surface area contributed by atoms with Crippen molar-refractivity contribution in [3.63, 3.8) is 0 Å². The van der Waals surface area contributed by atoms with Crippen molar-refractivity contribution >= 4 is 5.91 Å². The summed E-state index contributed by atoms with van der Waals surface area (Å²) in [7, 11) is 0. The molecule has 0 aliphatic carbocycles. The van der Waals surface area contributed by atoms with Crippen LogP contribution in [0.3, 0.4) is 0 Å². The highest BCUT2D eigenvalue weighted by molar-refractivity contribution is 5.94. The fraction of sp³-hybridized carbons (Fsp3) is 0.417. The fourth-order valence-electron chi connectivity index (χ4n) is 1.53. The van der Waals surface area contributed by atoms with Gasteiger partial charge in [0.2, 0.25) is 0 Å². The summed E-state index contributed by atoms with van der Waals surface area (Å²) in [6.07, 6.45) is -2.62. The summed E-state index contributed by atoms with van der Waals surface area (Å²) in [5.41, 5.74) is 6.58. The molecule has 1 aromatic rings. The average Bonchev–Trinajstić information content (AvgIpc) is 2.37. The van der Waals surface area contributed by atoms with E-state index in [4.69, 9.17) is 10.8 Å². The van der Waals surface area contributed by atoms with Gasteiger partial charge in [-0.3, -0.25) is 4.79 Å². The summed E-state index contributed by atoms with van der Waals surface area (Å²) in [5.74, 6) is -0.520. The summed E-state index contributed by atoms with van der Waals surface area (Å²) in [4.78, 5) is 12.9. The van der Waals surface area contributed by atoms with Crippen molar-refractivity contribution < 1.29 is 18.7 Å². The molecule has 1 rings (SSSR count). The molecule has 0 bridgehead atoms. The van der Waals surface area contributed by atoms with Crippen LogP contribution < -0.4 is 5.73 Å². The Bertz CT molecular complexity index is 382. The molecule has 0 atom stereocenters. The standard InChI is InChI=1S/C12H16F2N2O2/c13-11(14)8-16(5-6-17)12(18)10-3-1-9(7-15)2-4-10/h1-4,11,17H,5-8,15H2. The highest BCUT2D eigenvalue weighted by atomic mass is 19.3. The molecule has 1 amide bonds. The molecule has 0 fully saturated rings. The van der Waals surface area contributed by atoms with E-state index >= 15 is 0 Å². The molecule has 0 aromatic heterocycles. The highest BCUT2D eigenvalue weighted by Crippen LogP contribution is 2.09. The van der Waals surface area contributed by atoms with Crippen molar-refractivity contribution in [2.45, 2.75) is 13.0 Å². The van der Waals surface area contributed by atoms with E-state index in [1.54, 1.807) is 24.3 Å². The van der Waals surface area contributed by atoms with Gasteiger partial charge in [0.25, 0.3) is 12.3 Å². The summed E-state index contributed by atoms with van der Waals surface area (Å²) in [5, 5.41) is 8.77. The SMILES string of the molecule is NCc1ccc(C(=O)N(CCO)CC(F)F)cc1. The Morgan fingerprint density at radius 2 is 1.94 bits per heavy atom. The van der Waals surface area contributed by atoms with Crippen LogP contribution in [0.2, 0.25) is 0 Å². The molecule has 0 unspecified atom stereocenters. The van der Waals surface area contributed by atoms with Gasteiger partial charge in [0.05, 0.1) is 13.2 Å². The number of carbonyl (C=O) groups excluding carboxylic acids is 1. The number of halogens is 2. The second-order valence-corrected chi connectivity index (χ2v) is 3.77. The number of hydrogen-bond acceptors (Lipinski definition) is 3. The van der Waals surface area contributed by atoms with E-state index in [0.29, 0.717) is 12.1 Å². The number of rotatable bonds is 6. The van der Waals surface area contributed by atoms with Crippen LogP contribution in [0.1, 0.15) is 15.9 Å². The monoisotopic (exact) mass is 258 g/mol. The number of nitrogens with zero attached hydrogens (tertiary/aromatic N) is 1. The summed E-state index contributed by atoms with van der Waals surface area (Å²) in [6.45, 7) is -0.787. The fourth-order valence-corrected chi connectivity index (χ4v) is 1.53. The Kier molecular flexibility index (Phi) is 5.67. The van der Waals surface area contributed by atoms with Crippen molar-refractivity contribution in [3.05, 3.63) is 35.4 Å². The van der Waals surface area contributed by atoms with E-state index in [0.717, 1.165) is 10.5 Å². The van der Waals surface area contributed by atoms with Gasteiger partial charge in [0.1, 0.15) is 0 Å². The second-order valence-electron chi connectivity index (χ2n) is 3.77. The normalized spacial score (nSPS) is 10.7. The van der Waals surface area contributed by atoms with Gasteiger partial charge in [-0.2, -0.15) is 0 Å². The largest absolute Gasteiger partial charge is 0.395 e. The molecule has 100 valence electrons. The van der Waals surface area contributed by atoms with Crippen LogP contribution in [-0.2, 0) is 6.54 Å². The number of amides is 1. The third-order valence-electron chi connectivity index (χ3n) is 2.45. The summed E-state index contributed by atoms with van der Waals surface area (Å²) < 4.78 is 24.6. The zero-order valence-electron chi connectivity index (χ0n) is 9.85. The van der Waals surface area contributed by atoms with Crippen LogP contribution in [0.4, 0.5) is 8.78 Å². The van der Waals surface area contributed by atoms with E-state index in [-0.39, 0.29) is 13.2 Å². The first-order valence-corrected chi connectivity index (χ1v) is 5.55. The van der Waals surface area contributed by atoms with Gasteiger partial charge in [-0.1, -0.05) is 12.1 Å². The van der Waals surface area contributed by atoms with Crippen LogP contribution in [0.15, 0.2) is 24.3 Å². The topological polar surface area (TPSA) is 66.6 Å². The first-order valence-electron chi connectivity index (χ1n) is 5.55. The van der Waals surface area contributed by atoms with Crippen molar-refractivity contribution in [1.29, 1.82) is 0 Å². The molecule has 0 heterocycles. The van der Waals surface area contributed by atoms with Crippen molar-refractivity contribution in [2.75, 3.05) is 19.7 Å². The zero-order chi connectivity index (χ0) is 13.5. The van der Waals surface area contributed by atoms with Crippen molar-refractivity contribution in [3.8, 4) is 0 Å². The minimum absolute atomic E-state index is 0.109. The lowest BCUT2D eigenvalue weighted by Crippen LogP contribution is -2.37. The van der Waals surface area contributed by atoms with Gasteiger partial charge in [-0.15, -0.1) is 0 Å². The highest BCUT2D eigenvalue weighted by Gasteiger charge is 2.19. The predicted octanol–water partition coefficient (Wildman–Crippen LogP) is 0.845. The molecule has 4 nitrogen and oxygen atoms in total. The number of benzene rings is 1. The molecule has 0 aliphatic rings. The summed E-state index contributed by atoms with van der Waals surface area (Å²) in [6, 6.07) is 6.43. The lowest BCUT2D eigenvalue weighted by molar-refractivity contribution is 0.0509. The van der Waals surface area contributed by atoms with Gasteiger partial charge in [0.15, 0.2) is 0 Å². The quantitative estimate of drug-likeness (QED) is 0.794. The zero-order valence-corrected chi connectivity index (χ0v) is 9.85. The summed E-state index contributed by atoms with van der Waals surface area (Å²) >= 11 is 0. The number of alkyl halides is 2. The Balaban J connectivity index is 2.80. The van der Waals surface area contributed by atoms with E-state index in [1.807, 2.05) is 0 Å². The van der Waals surface area contributed by atoms with E-state index in [1.165, 1.54) is 0 Å². The lowest BCUT2D eigenvalue weighted by Gasteiger charge is -2.21. The number of nitrogens with two attached hydrogens (primary N) is 1. The van der Waals surface area contributed by atoms with Gasteiger partial charge in [-0.05, 0) is 17.7 Å². The van der Waals surface area contributed by atoms with Gasteiger partial charge in [-0.25, -0.2) is 8.78 Å². The Morgan fingerprint density at radius 1 is 1.33 bits per heavy atom. The lowest BCUT2D eigenvalue weighted by atomic mass is 10.1. The first-order chi connectivity index (χ1) is 8.58. The number of hydrogen-bond donors (Lipinski definition) is 2. The van der Waals surface area contributed by atoms with Crippen LogP contribution in [0.5, 0.6) is 0 Å². The van der Waals surface area contributed by atoms with E-state index < -0.39 is 18.9 Å². The molecule has 6 heteroatoms. The van der Waals surface area contributed by atoms with Crippen LogP contribution in [0, 0.1) is 0 Å². The molecule has 0 radical (unpaired) electrons. The maximum absolute atomic E-state index is 12.3. The minimum atomic E-state index is -2.62. The third-order valence-corrected chi connectivity index (χ3v) is 2.45. The van der Waals surface area contributed by atoms with Crippen molar-refractivity contribution in [1.82, 2.24) is 4.90 Å². The maximum atomic E-state index is 12.3.